The number of carbonyl (C=O) groups excluding carboxylic acids is 2. The van der Waals surface area contributed by atoms with Gasteiger partial charge >= 0.3 is 0 Å². The van der Waals surface area contributed by atoms with Crippen molar-refractivity contribution in [3.8, 4) is 0 Å². The van der Waals surface area contributed by atoms with E-state index in [1.165, 1.54) is 31.0 Å². The molecule has 7 nitrogen and oxygen atoms in total. The predicted molar refractivity (Wildman–Crippen MR) is 88.9 cm³/mol. The van der Waals surface area contributed by atoms with Crippen molar-refractivity contribution >= 4 is 23.6 Å². The number of hydrogen-bond donors (Lipinski definition) is 2. The van der Waals surface area contributed by atoms with Gasteiger partial charge in [-0.2, -0.15) is 0 Å². The highest BCUT2D eigenvalue weighted by molar-refractivity contribution is 8.00. The minimum absolute atomic E-state index is 0.0450. The third kappa shape index (κ3) is 5.23. The number of thioether (sulfide) groups is 1. The number of aryl methyl sites for hydroxylation is 1. The van der Waals surface area contributed by atoms with E-state index < -0.39 is 0 Å². The monoisotopic (exact) mass is 339 g/mol. The van der Waals surface area contributed by atoms with Crippen molar-refractivity contribution in [1.82, 2.24) is 20.1 Å². The Kier molecular flexibility index (Phi) is 6.44. The number of nitrogens with two attached hydrogens (primary N) is 1. The Morgan fingerprint density at radius 3 is 2.70 bits per heavy atom. The second-order valence-electron chi connectivity index (χ2n) is 6.03. The number of nitrogens with one attached hydrogen (secondary N) is 1. The van der Waals surface area contributed by atoms with Gasteiger partial charge in [0, 0.05) is 25.9 Å². The molecule has 1 fully saturated rings. The number of carbonyl (C=O) groups is 2. The molecular formula is C15H25N5O2S. The van der Waals surface area contributed by atoms with Crippen LogP contribution in [0.15, 0.2) is 5.16 Å². The Bertz CT molecular complexity index is 554. The zero-order valence-electron chi connectivity index (χ0n) is 13.7. The van der Waals surface area contributed by atoms with Crippen molar-refractivity contribution < 1.29 is 9.59 Å². The molecule has 8 heteroatoms. The van der Waals surface area contributed by atoms with E-state index in [0.29, 0.717) is 23.4 Å². The topological polar surface area (TPSA) is 103 Å². The summed E-state index contributed by atoms with van der Waals surface area (Å²) in [4.78, 5) is 23.2. The van der Waals surface area contributed by atoms with E-state index >= 15 is 0 Å². The molecule has 0 aliphatic heterocycles. The lowest BCUT2D eigenvalue weighted by atomic mass is 9.95. The highest BCUT2D eigenvalue weighted by atomic mass is 32.2. The maximum atomic E-state index is 12.3. The van der Waals surface area contributed by atoms with Gasteiger partial charge in [-0.25, -0.2) is 0 Å². The highest BCUT2D eigenvalue weighted by Crippen LogP contribution is 2.23. The van der Waals surface area contributed by atoms with Crippen LogP contribution in [-0.2, 0) is 23.1 Å². The molecule has 0 saturated heterocycles. The number of nitrogens with zero attached hydrogens (tertiary/aromatic N) is 3. The van der Waals surface area contributed by atoms with Gasteiger partial charge < -0.3 is 15.6 Å². The van der Waals surface area contributed by atoms with Crippen molar-refractivity contribution in [2.24, 2.45) is 12.8 Å². The number of hydrogen-bond acceptors (Lipinski definition) is 5. The van der Waals surface area contributed by atoms with Crippen molar-refractivity contribution in [3.63, 3.8) is 0 Å². The largest absolute Gasteiger partial charge is 0.370 e. The van der Waals surface area contributed by atoms with Gasteiger partial charge in [0.25, 0.3) is 0 Å². The Labute approximate surface area is 140 Å². The van der Waals surface area contributed by atoms with Gasteiger partial charge in [-0.15, -0.1) is 10.2 Å². The van der Waals surface area contributed by atoms with Crippen molar-refractivity contribution in [2.45, 2.75) is 68.3 Å². The van der Waals surface area contributed by atoms with Gasteiger partial charge in [0.1, 0.15) is 5.82 Å². The van der Waals surface area contributed by atoms with Crippen molar-refractivity contribution in [2.75, 3.05) is 0 Å². The van der Waals surface area contributed by atoms with Gasteiger partial charge in [0.2, 0.25) is 11.8 Å². The van der Waals surface area contributed by atoms with Crippen LogP contribution < -0.4 is 11.1 Å². The fourth-order valence-corrected chi connectivity index (χ4v) is 3.52. The Morgan fingerprint density at radius 2 is 2.04 bits per heavy atom. The van der Waals surface area contributed by atoms with Crippen molar-refractivity contribution in [1.29, 1.82) is 0 Å². The molecule has 0 spiro atoms. The molecule has 1 heterocycles. The average molecular weight is 339 g/mol. The summed E-state index contributed by atoms with van der Waals surface area (Å²) in [6.45, 7) is 1.88. The Hall–Kier alpha value is -1.57. The van der Waals surface area contributed by atoms with Crippen LogP contribution >= 0.6 is 11.8 Å². The van der Waals surface area contributed by atoms with E-state index in [1.807, 2.05) is 18.5 Å². The molecule has 0 unspecified atom stereocenters. The molecule has 128 valence electrons. The molecule has 1 aliphatic carbocycles. The molecule has 2 rings (SSSR count). The van der Waals surface area contributed by atoms with Gasteiger partial charge in [0.15, 0.2) is 5.16 Å². The number of amides is 2. The molecule has 0 radical (unpaired) electrons. The molecule has 23 heavy (non-hydrogen) atoms. The van der Waals surface area contributed by atoms with Crippen LogP contribution in [0.5, 0.6) is 0 Å². The van der Waals surface area contributed by atoms with Crippen LogP contribution in [0, 0.1) is 0 Å². The molecule has 2 amide bonds. The Balaban J connectivity index is 1.87. The summed E-state index contributed by atoms with van der Waals surface area (Å²) in [5.41, 5.74) is 5.15. The highest BCUT2D eigenvalue weighted by Gasteiger charge is 2.22. The van der Waals surface area contributed by atoms with E-state index in [1.54, 1.807) is 0 Å². The van der Waals surface area contributed by atoms with E-state index in [9.17, 15) is 9.59 Å². The van der Waals surface area contributed by atoms with Crippen LogP contribution in [-0.4, -0.2) is 37.9 Å². The van der Waals surface area contributed by atoms with E-state index in [0.717, 1.165) is 12.8 Å². The van der Waals surface area contributed by atoms with E-state index in [2.05, 4.69) is 15.5 Å². The van der Waals surface area contributed by atoms with Crippen LogP contribution in [0.1, 0.15) is 51.3 Å². The average Bonchev–Trinajstić information content (AvgIpc) is 2.86. The van der Waals surface area contributed by atoms with Crippen LogP contribution in [0.4, 0.5) is 0 Å². The van der Waals surface area contributed by atoms with Crippen LogP contribution in [0.3, 0.4) is 0 Å². The summed E-state index contributed by atoms with van der Waals surface area (Å²) in [7, 11) is 1.84. The fraction of sp³-hybridized carbons (Fsp3) is 0.733. The minimum Gasteiger partial charge on any atom is -0.370 e. The predicted octanol–water partition coefficient (Wildman–Crippen LogP) is 1.16. The normalized spacial score (nSPS) is 17.0. The lowest BCUT2D eigenvalue weighted by molar-refractivity contribution is -0.121. The SMILES string of the molecule is C[C@H](Sc1nnc(CCC(N)=O)n1C)C(=O)NC1CCCCC1. The number of primary amides is 1. The van der Waals surface area contributed by atoms with Gasteiger partial charge in [-0.3, -0.25) is 9.59 Å². The fourth-order valence-electron chi connectivity index (χ4n) is 2.68. The molecule has 1 aromatic rings. The third-order valence-corrected chi connectivity index (χ3v) is 5.26. The summed E-state index contributed by atoms with van der Waals surface area (Å²) in [5, 5.41) is 11.7. The maximum absolute atomic E-state index is 12.3. The molecular weight excluding hydrogens is 314 g/mol. The van der Waals surface area contributed by atoms with Gasteiger partial charge in [-0.1, -0.05) is 31.0 Å². The lowest BCUT2D eigenvalue weighted by Gasteiger charge is -2.24. The van der Waals surface area contributed by atoms with E-state index in [-0.39, 0.29) is 23.5 Å². The summed E-state index contributed by atoms with van der Waals surface area (Å²) in [6, 6.07) is 0.310. The van der Waals surface area contributed by atoms with Crippen molar-refractivity contribution in [3.05, 3.63) is 5.82 Å². The minimum atomic E-state index is -0.359. The molecule has 0 aromatic carbocycles. The smallest absolute Gasteiger partial charge is 0.233 e. The maximum Gasteiger partial charge on any atom is 0.233 e. The summed E-state index contributed by atoms with van der Waals surface area (Å²) < 4.78 is 1.82. The molecule has 3 N–H and O–H groups in total. The van der Waals surface area contributed by atoms with Crippen LogP contribution in [0.25, 0.3) is 0 Å². The summed E-state index contributed by atoms with van der Waals surface area (Å²) >= 11 is 1.38. The lowest BCUT2D eigenvalue weighted by Crippen LogP contribution is -2.40. The standard InChI is InChI=1S/C15H25N5O2S/c1-10(14(22)17-11-6-4-3-5-7-11)23-15-19-18-13(20(15)2)9-8-12(16)21/h10-11H,3-9H2,1-2H3,(H2,16,21)(H,17,22)/t10-/m0/s1. The summed E-state index contributed by atoms with van der Waals surface area (Å²) in [5.74, 6) is 0.386. The third-order valence-electron chi connectivity index (χ3n) is 4.12. The van der Waals surface area contributed by atoms with Gasteiger partial charge in [-0.05, 0) is 19.8 Å². The molecule has 1 saturated carbocycles. The Morgan fingerprint density at radius 1 is 1.35 bits per heavy atom. The van der Waals surface area contributed by atoms with E-state index in [4.69, 9.17) is 5.73 Å². The van der Waals surface area contributed by atoms with Crippen LogP contribution in [0.2, 0.25) is 0 Å². The summed E-state index contributed by atoms with van der Waals surface area (Å²) in [6.07, 6.45) is 6.51. The molecule has 1 atom stereocenters. The second kappa shape index (κ2) is 8.33. The van der Waals surface area contributed by atoms with Gasteiger partial charge in [0.05, 0.1) is 5.25 Å². The first-order chi connectivity index (χ1) is 11.0. The zero-order chi connectivity index (χ0) is 16.8. The zero-order valence-corrected chi connectivity index (χ0v) is 14.6. The first-order valence-corrected chi connectivity index (χ1v) is 8.99. The second-order valence-corrected chi connectivity index (χ2v) is 7.34. The first-order valence-electron chi connectivity index (χ1n) is 8.11. The quantitative estimate of drug-likeness (QED) is 0.726. The molecule has 0 bridgehead atoms. The number of rotatable bonds is 7. The number of aromatic nitrogens is 3. The first kappa shape index (κ1) is 17.8. The molecule has 1 aromatic heterocycles. The molecule has 1 aliphatic rings.